The Morgan fingerprint density at radius 2 is 1.89 bits per heavy atom. The first kappa shape index (κ1) is 21.4. The number of thiocarbonyl (C=S) groups is 1. The zero-order valence-electron chi connectivity index (χ0n) is 13.6. The molecular formula is C17H7BBr2F3NO2S2. The highest BCUT2D eigenvalue weighted by Gasteiger charge is 2.36. The SMILES string of the molecule is [B]c1cc(/C=C2\SC(=S)N(c3cccc(C(F)(F)F)c3)C2=O)c(Br)c(Br)c1O. The van der Waals surface area contributed by atoms with Crippen molar-refractivity contribution in [2.24, 2.45) is 0 Å². The van der Waals surface area contributed by atoms with E-state index in [1.807, 2.05) is 0 Å². The van der Waals surface area contributed by atoms with Crippen LogP contribution in [0.15, 0.2) is 44.2 Å². The third-order valence-corrected chi connectivity index (χ3v) is 7.21. The van der Waals surface area contributed by atoms with E-state index < -0.39 is 17.6 Å². The van der Waals surface area contributed by atoms with Crippen LogP contribution in [-0.2, 0) is 11.0 Å². The zero-order chi connectivity index (χ0) is 20.8. The molecule has 0 aliphatic carbocycles. The average molecular weight is 549 g/mol. The molecule has 142 valence electrons. The predicted molar refractivity (Wildman–Crippen MR) is 116 cm³/mol. The minimum Gasteiger partial charge on any atom is -0.507 e. The molecule has 28 heavy (non-hydrogen) atoms. The third-order valence-electron chi connectivity index (χ3n) is 3.75. The number of aromatic hydroxyl groups is 1. The van der Waals surface area contributed by atoms with Crippen LogP contribution in [0, 0.1) is 0 Å². The molecule has 2 radical (unpaired) electrons. The average Bonchev–Trinajstić information content (AvgIpc) is 2.90. The van der Waals surface area contributed by atoms with Gasteiger partial charge in [0, 0.05) is 4.47 Å². The fraction of sp³-hybridized carbons (Fsp3) is 0.0588. The van der Waals surface area contributed by atoms with E-state index in [0.29, 0.717) is 14.5 Å². The van der Waals surface area contributed by atoms with Crippen LogP contribution in [-0.4, -0.2) is 23.2 Å². The lowest BCUT2D eigenvalue weighted by atomic mass is 9.93. The number of hydrogen-bond acceptors (Lipinski definition) is 4. The molecule has 1 N–H and O–H groups in total. The monoisotopic (exact) mass is 547 g/mol. The third kappa shape index (κ3) is 4.03. The normalized spacial score (nSPS) is 16.3. The largest absolute Gasteiger partial charge is 0.507 e. The summed E-state index contributed by atoms with van der Waals surface area (Å²) in [4.78, 5) is 14.0. The Labute approximate surface area is 185 Å². The Bertz CT molecular complexity index is 1040. The molecule has 2 aromatic carbocycles. The minimum absolute atomic E-state index is 0.0335. The van der Waals surface area contributed by atoms with Crippen LogP contribution in [0.5, 0.6) is 5.75 Å². The lowest BCUT2D eigenvalue weighted by molar-refractivity contribution is -0.137. The van der Waals surface area contributed by atoms with Gasteiger partial charge in [0.1, 0.15) is 13.6 Å². The molecule has 0 bridgehead atoms. The van der Waals surface area contributed by atoms with Crippen LogP contribution >= 0.6 is 55.8 Å². The maximum atomic E-state index is 13.0. The number of carbonyl (C=O) groups excluding carboxylic acids is 1. The second-order valence-electron chi connectivity index (χ2n) is 5.60. The Hall–Kier alpha value is -1.30. The second kappa shape index (κ2) is 7.85. The maximum Gasteiger partial charge on any atom is 0.416 e. The summed E-state index contributed by atoms with van der Waals surface area (Å²) >= 11 is 12.6. The quantitative estimate of drug-likeness (QED) is 0.321. The number of benzene rings is 2. The van der Waals surface area contributed by atoms with E-state index in [1.54, 1.807) is 0 Å². The highest BCUT2D eigenvalue weighted by atomic mass is 79.9. The van der Waals surface area contributed by atoms with Gasteiger partial charge in [-0.05, 0) is 61.7 Å². The molecule has 0 unspecified atom stereocenters. The number of rotatable bonds is 2. The van der Waals surface area contributed by atoms with Crippen molar-refractivity contribution in [3.63, 3.8) is 0 Å². The molecule has 1 heterocycles. The van der Waals surface area contributed by atoms with Crippen LogP contribution in [0.2, 0.25) is 0 Å². The van der Waals surface area contributed by atoms with Crippen molar-refractivity contribution < 1.29 is 23.1 Å². The molecule has 1 saturated heterocycles. The molecule has 0 aromatic heterocycles. The van der Waals surface area contributed by atoms with E-state index in [1.165, 1.54) is 24.3 Å². The number of phenolic OH excluding ortho intramolecular Hbond substituents is 1. The van der Waals surface area contributed by atoms with E-state index in [9.17, 15) is 23.1 Å². The van der Waals surface area contributed by atoms with Gasteiger partial charge in [-0.2, -0.15) is 13.2 Å². The summed E-state index contributed by atoms with van der Waals surface area (Å²) in [5, 5.41) is 9.83. The second-order valence-corrected chi connectivity index (χ2v) is 8.86. The highest BCUT2D eigenvalue weighted by molar-refractivity contribution is 9.13. The van der Waals surface area contributed by atoms with Crippen LogP contribution in [0.1, 0.15) is 11.1 Å². The van der Waals surface area contributed by atoms with Crippen molar-refractivity contribution in [3.05, 3.63) is 55.3 Å². The Kier molecular flexibility index (Phi) is 6.00. The van der Waals surface area contributed by atoms with Crippen LogP contribution < -0.4 is 10.4 Å². The van der Waals surface area contributed by atoms with Crippen LogP contribution in [0.4, 0.5) is 18.9 Å². The lowest BCUT2D eigenvalue weighted by Crippen LogP contribution is -2.27. The van der Waals surface area contributed by atoms with Gasteiger partial charge in [0.05, 0.1) is 20.6 Å². The highest BCUT2D eigenvalue weighted by Crippen LogP contribution is 2.40. The molecule has 1 amide bonds. The molecule has 0 atom stereocenters. The zero-order valence-corrected chi connectivity index (χ0v) is 18.4. The van der Waals surface area contributed by atoms with Crippen molar-refractivity contribution in [2.75, 3.05) is 4.90 Å². The molecule has 3 nitrogen and oxygen atoms in total. The number of thioether (sulfide) groups is 1. The van der Waals surface area contributed by atoms with Gasteiger partial charge in [0.15, 0.2) is 4.32 Å². The summed E-state index contributed by atoms with van der Waals surface area (Å²) in [5.41, 5.74) is -0.256. The topological polar surface area (TPSA) is 40.5 Å². The number of halogens is 5. The van der Waals surface area contributed by atoms with Crippen molar-refractivity contribution >= 4 is 91.1 Å². The summed E-state index contributed by atoms with van der Waals surface area (Å²) in [6, 6.07) is 5.85. The molecular weight excluding hydrogens is 542 g/mol. The van der Waals surface area contributed by atoms with E-state index in [0.717, 1.165) is 28.8 Å². The molecule has 11 heteroatoms. The molecule has 1 aliphatic rings. The van der Waals surface area contributed by atoms with E-state index >= 15 is 0 Å². The van der Waals surface area contributed by atoms with Gasteiger partial charge in [0.25, 0.3) is 5.91 Å². The van der Waals surface area contributed by atoms with Crippen LogP contribution in [0.25, 0.3) is 6.08 Å². The van der Waals surface area contributed by atoms with Gasteiger partial charge in [-0.25, -0.2) is 0 Å². The first-order valence-electron chi connectivity index (χ1n) is 7.42. The number of phenols is 1. The van der Waals surface area contributed by atoms with Crippen molar-refractivity contribution in [2.45, 2.75) is 6.18 Å². The number of anilines is 1. The molecule has 0 saturated carbocycles. The van der Waals surface area contributed by atoms with E-state index in [4.69, 9.17) is 20.1 Å². The molecule has 1 aliphatic heterocycles. The van der Waals surface area contributed by atoms with Gasteiger partial charge < -0.3 is 5.11 Å². The number of hydrogen-bond donors (Lipinski definition) is 1. The number of alkyl halides is 3. The summed E-state index contributed by atoms with van der Waals surface area (Å²) in [7, 11) is 5.74. The fourth-order valence-corrected chi connectivity index (χ4v) is 4.58. The van der Waals surface area contributed by atoms with Crippen molar-refractivity contribution in [1.82, 2.24) is 0 Å². The summed E-state index contributed by atoms with van der Waals surface area (Å²) in [6.45, 7) is 0. The molecule has 1 fully saturated rings. The smallest absolute Gasteiger partial charge is 0.416 e. The van der Waals surface area contributed by atoms with Gasteiger partial charge in [-0.3, -0.25) is 9.69 Å². The fourth-order valence-electron chi connectivity index (χ4n) is 2.41. The first-order valence-corrected chi connectivity index (χ1v) is 10.2. The van der Waals surface area contributed by atoms with Gasteiger partial charge in [-0.1, -0.05) is 41.6 Å². The van der Waals surface area contributed by atoms with Gasteiger partial charge in [0.2, 0.25) is 0 Å². The predicted octanol–water partition coefficient (Wildman–Crippen LogP) is 5.14. The Balaban J connectivity index is 2.01. The molecule has 2 aromatic rings. The van der Waals surface area contributed by atoms with Gasteiger partial charge >= 0.3 is 6.18 Å². The number of amides is 1. The first-order chi connectivity index (χ1) is 13.0. The molecule has 3 rings (SSSR count). The van der Waals surface area contributed by atoms with Crippen molar-refractivity contribution in [1.29, 1.82) is 0 Å². The van der Waals surface area contributed by atoms with E-state index in [2.05, 4.69) is 31.9 Å². The standard InChI is InChI=1S/C17H7BBr2F3NO2S2/c18-10-4-7(12(19)13(20)14(10)25)5-11-15(26)24(16(27)28-11)9-3-1-2-8(6-9)17(21,22)23/h1-6,25H/b11-5-. The summed E-state index contributed by atoms with van der Waals surface area (Å²) in [5.74, 6) is -0.704. The number of carbonyl (C=O) groups is 1. The Morgan fingerprint density at radius 1 is 1.21 bits per heavy atom. The lowest BCUT2D eigenvalue weighted by Gasteiger charge is -2.16. The van der Waals surface area contributed by atoms with Gasteiger partial charge in [-0.15, -0.1) is 0 Å². The Morgan fingerprint density at radius 3 is 2.54 bits per heavy atom. The van der Waals surface area contributed by atoms with Crippen molar-refractivity contribution in [3.8, 4) is 5.75 Å². The molecule has 0 spiro atoms. The maximum absolute atomic E-state index is 13.0. The van der Waals surface area contributed by atoms with E-state index in [-0.39, 0.29) is 26.1 Å². The summed E-state index contributed by atoms with van der Waals surface area (Å²) in [6.07, 6.45) is -3.04. The number of nitrogens with zero attached hydrogens (tertiary/aromatic N) is 1. The minimum atomic E-state index is -4.53. The summed E-state index contributed by atoms with van der Waals surface area (Å²) < 4.78 is 39.8. The van der Waals surface area contributed by atoms with Crippen LogP contribution in [0.3, 0.4) is 0 Å².